The minimum absolute atomic E-state index is 0.0357. The molecule has 0 saturated carbocycles. The number of anilines is 1. The molecule has 0 aliphatic rings. The van der Waals surface area contributed by atoms with Crippen LogP contribution in [-0.2, 0) is 12.4 Å². The third-order valence-electron chi connectivity index (χ3n) is 4.88. The van der Waals surface area contributed by atoms with Crippen molar-refractivity contribution in [1.29, 1.82) is 0 Å². The van der Waals surface area contributed by atoms with Gasteiger partial charge in [-0.3, -0.25) is 4.79 Å². The van der Waals surface area contributed by atoms with Gasteiger partial charge in [-0.05, 0) is 36.4 Å². The molecule has 0 spiro atoms. The Kier molecular flexibility index (Phi) is 8.94. The average Bonchev–Trinajstić information content (AvgIpc) is 2.88. The van der Waals surface area contributed by atoms with Crippen molar-refractivity contribution in [2.24, 2.45) is 0 Å². The number of alkyl halides is 6. The summed E-state index contributed by atoms with van der Waals surface area (Å²) in [6, 6.07) is 18.5. The van der Waals surface area contributed by atoms with E-state index in [9.17, 15) is 35.9 Å². The first kappa shape index (κ1) is 29.8. The summed E-state index contributed by atoms with van der Waals surface area (Å²) in [7, 11) is 0. The number of carbonyl (C=O) groups is 1. The van der Waals surface area contributed by atoms with Crippen LogP contribution in [-0.4, -0.2) is 31.0 Å². The van der Waals surface area contributed by atoms with Gasteiger partial charge in [0.2, 0.25) is 11.6 Å². The number of carboxylic acids is 1. The van der Waals surface area contributed by atoms with E-state index in [1.807, 2.05) is 0 Å². The van der Waals surface area contributed by atoms with Crippen LogP contribution in [0.3, 0.4) is 0 Å². The quantitative estimate of drug-likeness (QED) is 0.121. The fourth-order valence-electron chi connectivity index (χ4n) is 3.08. The number of carboxylic acid groups (broad SMARTS) is 1. The summed E-state index contributed by atoms with van der Waals surface area (Å²) in [6.07, 6.45) is -9.21. The summed E-state index contributed by atoms with van der Waals surface area (Å²) in [5.41, 5.74) is 5.23. The third kappa shape index (κ3) is 7.44. The van der Waals surface area contributed by atoms with Gasteiger partial charge in [-0.2, -0.15) is 26.3 Å². The maximum absolute atomic E-state index is 12.3. The summed E-state index contributed by atoms with van der Waals surface area (Å²) in [5.74, 6) is -3.48. The standard InChI is InChI=1S/C9H4ClF3N2.C9H5F3N2O.C7H7NO2/c10-7-5-3-1-2-4-6(5)14-8(15-7)9(11,12)13;10-9(11,12)8-13-6-4-2-1-3-5(6)7(15)14-8;8-6-4-2-1-3-5(6)7(9)10/h1-4H;1-4H,(H,13,14,15);1-4H,8H2,(H,9,10). The molecule has 0 atom stereocenters. The van der Waals surface area contributed by atoms with Gasteiger partial charge in [-0.25, -0.2) is 19.7 Å². The Bertz CT molecular complexity index is 1720. The Labute approximate surface area is 225 Å². The molecule has 0 amide bonds. The van der Waals surface area contributed by atoms with Crippen molar-refractivity contribution < 1.29 is 36.2 Å². The minimum Gasteiger partial charge on any atom is -0.478 e. The lowest BCUT2D eigenvalue weighted by Gasteiger charge is -2.06. The average molecular weight is 584 g/mol. The summed E-state index contributed by atoms with van der Waals surface area (Å²) in [6.45, 7) is 0. The number of H-pyrrole nitrogens is 1. The number of benzene rings is 3. The SMILES string of the molecule is FC(F)(F)c1nc(Cl)c2ccccc2n1.Nc1ccccc1C(=O)O.O=c1[nH]c(C(F)(F)F)nc2ccccc12. The Morgan fingerprint density at radius 2 is 1.30 bits per heavy atom. The molecular formula is C25H16ClF6N5O3. The number of fused-ring (bicyclic) bond motifs is 2. The number of nitrogen functional groups attached to an aromatic ring is 1. The largest absolute Gasteiger partial charge is 0.478 e. The molecule has 8 nitrogen and oxygen atoms in total. The van der Waals surface area contributed by atoms with E-state index in [4.69, 9.17) is 22.4 Å². The highest BCUT2D eigenvalue weighted by Crippen LogP contribution is 2.30. The molecule has 0 saturated heterocycles. The van der Waals surface area contributed by atoms with Gasteiger partial charge in [-0.15, -0.1) is 0 Å². The van der Waals surface area contributed by atoms with Crippen molar-refractivity contribution in [3.63, 3.8) is 0 Å². The minimum atomic E-state index is -4.64. The van der Waals surface area contributed by atoms with Gasteiger partial charge in [-0.1, -0.05) is 48.0 Å². The van der Waals surface area contributed by atoms with Crippen LogP contribution in [0.25, 0.3) is 21.8 Å². The molecule has 0 bridgehead atoms. The molecule has 0 aliphatic heterocycles. The van der Waals surface area contributed by atoms with Crippen LogP contribution in [0.1, 0.15) is 22.0 Å². The van der Waals surface area contributed by atoms with E-state index in [2.05, 4.69) is 15.0 Å². The van der Waals surface area contributed by atoms with Gasteiger partial charge in [0.1, 0.15) is 5.15 Å². The van der Waals surface area contributed by atoms with Crippen LogP contribution < -0.4 is 11.3 Å². The lowest BCUT2D eigenvalue weighted by Crippen LogP contribution is -2.18. The summed E-state index contributed by atoms with van der Waals surface area (Å²) in [5, 5.41) is 8.85. The predicted molar refractivity (Wildman–Crippen MR) is 135 cm³/mol. The molecule has 15 heteroatoms. The Hall–Kier alpha value is -4.72. The van der Waals surface area contributed by atoms with E-state index in [0.717, 1.165) is 0 Å². The van der Waals surface area contributed by atoms with Gasteiger partial charge < -0.3 is 15.8 Å². The summed E-state index contributed by atoms with van der Waals surface area (Å²) in [4.78, 5) is 33.2. The van der Waals surface area contributed by atoms with Crippen LogP contribution in [0.4, 0.5) is 32.0 Å². The lowest BCUT2D eigenvalue weighted by atomic mass is 10.2. The maximum Gasteiger partial charge on any atom is 0.451 e. The van der Waals surface area contributed by atoms with Crippen molar-refractivity contribution in [2.45, 2.75) is 12.4 Å². The highest BCUT2D eigenvalue weighted by Gasteiger charge is 2.35. The number of para-hydroxylation sites is 3. The molecule has 0 radical (unpaired) electrons. The van der Waals surface area contributed by atoms with E-state index in [1.165, 1.54) is 30.3 Å². The Morgan fingerprint density at radius 3 is 1.82 bits per heavy atom. The van der Waals surface area contributed by atoms with Crippen LogP contribution in [0.2, 0.25) is 5.15 Å². The second kappa shape index (κ2) is 12.0. The number of nitrogens with two attached hydrogens (primary N) is 1. The fraction of sp³-hybridized carbons (Fsp3) is 0.0800. The van der Waals surface area contributed by atoms with E-state index >= 15 is 0 Å². The fourth-order valence-corrected chi connectivity index (χ4v) is 3.32. The Morgan fingerprint density at radius 1 is 0.775 bits per heavy atom. The molecule has 5 rings (SSSR count). The van der Waals surface area contributed by atoms with Gasteiger partial charge in [0, 0.05) is 11.1 Å². The number of aromatic carboxylic acids is 1. The number of halogens is 7. The summed E-state index contributed by atoms with van der Waals surface area (Å²) < 4.78 is 73.7. The van der Waals surface area contributed by atoms with Crippen molar-refractivity contribution >= 4 is 45.1 Å². The normalized spacial score (nSPS) is 11.3. The molecule has 0 unspecified atom stereocenters. The number of aromatic nitrogens is 4. The molecule has 2 aromatic heterocycles. The highest BCUT2D eigenvalue weighted by molar-refractivity contribution is 6.34. The van der Waals surface area contributed by atoms with E-state index in [0.29, 0.717) is 11.1 Å². The maximum atomic E-state index is 12.3. The van der Waals surface area contributed by atoms with E-state index in [1.54, 1.807) is 47.4 Å². The molecule has 2 heterocycles. The summed E-state index contributed by atoms with van der Waals surface area (Å²) >= 11 is 5.62. The molecule has 0 aliphatic carbocycles. The van der Waals surface area contributed by atoms with Gasteiger partial charge in [0.15, 0.2) is 0 Å². The van der Waals surface area contributed by atoms with Crippen molar-refractivity contribution in [2.75, 3.05) is 5.73 Å². The van der Waals surface area contributed by atoms with Crippen molar-refractivity contribution in [3.05, 3.63) is 106 Å². The van der Waals surface area contributed by atoms with Crippen LogP contribution in [0.15, 0.2) is 77.6 Å². The van der Waals surface area contributed by atoms with Gasteiger partial charge in [0.25, 0.3) is 5.56 Å². The number of rotatable bonds is 1. The zero-order valence-corrected chi connectivity index (χ0v) is 20.5. The molecule has 208 valence electrons. The van der Waals surface area contributed by atoms with Crippen LogP contribution in [0, 0.1) is 0 Å². The smallest absolute Gasteiger partial charge is 0.451 e. The van der Waals surface area contributed by atoms with E-state index in [-0.39, 0.29) is 27.1 Å². The lowest BCUT2D eigenvalue weighted by molar-refractivity contribution is -0.145. The molecule has 4 N–H and O–H groups in total. The number of aromatic amines is 1. The number of nitrogens with zero attached hydrogens (tertiary/aromatic N) is 3. The third-order valence-corrected chi connectivity index (χ3v) is 5.17. The van der Waals surface area contributed by atoms with Crippen molar-refractivity contribution in [3.8, 4) is 0 Å². The topological polar surface area (TPSA) is 135 Å². The number of nitrogens with one attached hydrogen (secondary N) is 1. The Balaban J connectivity index is 0.000000169. The number of hydrogen-bond acceptors (Lipinski definition) is 6. The molecule has 5 aromatic rings. The zero-order chi connectivity index (χ0) is 29.7. The second-order valence-electron chi connectivity index (χ2n) is 7.67. The van der Waals surface area contributed by atoms with Gasteiger partial charge >= 0.3 is 18.3 Å². The highest BCUT2D eigenvalue weighted by atomic mass is 35.5. The van der Waals surface area contributed by atoms with Gasteiger partial charge in [0.05, 0.1) is 22.0 Å². The first-order valence-electron chi connectivity index (χ1n) is 10.8. The van der Waals surface area contributed by atoms with E-state index < -0.39 is 35.5 Å². The first-order chi connectivity index (χ1) is 18.7. The predicted octanol–water partition coefficient (Wildman–Crippen LogP) is 6.21. The van der Waals surface area contributed by atoms with Crippen LogP contribution in [0.5, 0.6) is 0 Å². The molecule has 40 heavy (non-hydrogen) atoms. The monoisotopic (exact) mass is 583 g/mol. The molecule has 3 aromatic carbocycles. The first-order valence-corrected chi connectivity index (χ1v) is 11.2. The second-order valence-corrected chi connectivity index (χ2v) is 8.03. The molecular weight excluding hydrogens is 568 g/mol. The van der Waals surface area contributed by atoms with Crippen LogP contribution >= 0.6 is 11.6 Å². The number of hydrogen-bond donors (Lipinski definition) is 3. The zero-order valence-electron chi connectivity index (χ0n) is 19.8. The van der Waals surface area contributed by atoms with Crippen molar-refractivity contribution in [1.82, 2.24) is 19.9 Å². The molecule has 0 fully saturated rings.